The summed E-state index contributed by atoms with van der Waals surface area (Å²) in [4.78, 5) is 33.0. The third-order valence-electron chi connectivity index (χ3n) is 1.86. The number of ether oxygens (including phenoxy) is 1. The second-order valence-electron chi connectivity index (χ2n) is 3.99. The first-order chi connectivity index (χ1) is 8.16. The molecule has 6 nitrogen and oxygen atoms in total. The van der Waals surface area contributed by atoms with Crippen LogP contribution >= 0.6 is 0 Å². The number of rotatable bonds is 6. The highest BCUT2D eigenvalue weighted by molar-refractivity contribution is 6.69. The molecule has 0 N–H and O–H groups in total. The standard InChI is InChI=1S/C11H18O6Si/c1-8(2)11(14)15-6-7-18(5,16-9(3)12)17-10(4)13/h1,6-7H2,2-5H3. The first-order valence-corrected chi connectivity index (χ1v) is 7.90. The number of hydrogen-bond acceptors (Lipinski definition) is 6. The van der Waals surface area contributed by atoms with E-state index in [1.54, 1.807) is 6.55 Å². The fourth-order valence-corrected chi connectivity index (χ4v) is 3.12. The predicted octanol–water partition coefficient (Wildman–Crippen LogP) is 1.30. The molecule has 0 aromatic carbocycles. The van der Waals surface area contributed by atoms with E-state index >= 15 is 0 Å². The van der Waals surface area contributed by atoms with Crippen LogP contribution in [-0.4, -0.2) is 33.1 Å². The van der Waals surface area contributed by atoms with E-state index in [9.17, 15) is 14.4 Å². The summed E-state index contributed by atoms with van der Waals surface area (Å²) in [6.07, 6.45) is 0. The van der Waals surface area contributed by atoms with Crippen LogP contribution in [0.4, 0.5) is 0 Å². The van der Waals surface area contributed by atoms with Crippen LogP contribution in [-0.2, 0) is 28.0 Å². The molecule has 0 fully saturated rings. The van der Waals surface area contributed by atoms with Gasteiger partial charge in [0.05, 0.1) is 6.61 Å². The number of carbonyl (C=O) groups excluding carboxylic acids is 3. The molecule has 0 aliphatic rings. The van der Waals surface area contributed by atoms with E-state index < -0.39 is 26.5 Å². The van der Waals surface area contributed by atoms with Crippen LogP contribution in [0, 0.1) is 0 Å². The van der Waals surface area contributed by atoms with Crippen LogP contribution in [0.3, 0.4) is 0 Å². The lowest BCUT2D eigenvalue weighted by Gasteiger charge is -2.24. The van der Waals surface area contributed by atoms with Crippen molar-refractivity contribution in [1.82, 2.24) is 0 Å². The number of hydrogen-bond donors (Lipinski definition) is 0. The van der Waals surface area contributed by atoms with E-state index in [0.29, 0.717) is 0 Å². The van der Waals surface area contributed by atoms with Crippen molar-refractivity contribution in [2.75, 3.05) is 6.61 Å². The molecule has 102 valence electrons. The van der Waals surface area contributed by atoms with Gasteiger partial charge in [0.1, 0.15) is 0 Å². The fourth-order valence-electron chi connectivity index (χ4n) is 1.18. The van der Waals surface area contributed by atoms with Gasteiger partial charge in [-0.05, 0) is 6.92 Å². The van der Waals surface area contributed by atoms with Crippen molar-refractivity contribution in [1.29, 1.82) is 0 Å². The van der Waals surface area contributed by atoms with Gasteiger partial charge in [-0.25, -0.2) is 4.79 Å². The van der Waals surface area contributed by atoms with Crippen LogP contribution < -0.4 is 0 Å². The molecule has 0 radical (unpaired) electrons. The smallest absolute Gasteiger partial charge is 0.464 e. The Morgan fingerprint density at radius 2 is 1.50 bits per heavy atom. The van der Waals surface area contributed by atoms with E-state index in [1.165, 1.54) is 20.8 Å². The summed E-state index contributed by atoms with van der Waals surface area (Å²) in [6.45, 7) is 8.99. The van der Waals surface area contributed by atoms with Crippen molar-refractivity contribution in [3.05, 3.63) is 12.2 Å². The van der Waals surface area contributed by atoms with Crippen molar-refractivity contribution in [2.45, 2.75) is 33.4 Å². The first-order valence-electron chi connectivity index (χ1n) is 5.38. The maximum Gasteiger partial charge on any atom is 0.464 e. The van der Waals surface area contributed by atoms with Crippen molar-refractivity contribution < 1.29 is 28.0 Å². The minimum atomic E-state index is -2.98. The monoisotopic (exact) mass is 274 g/mol. The summed E-state index contributed by atoms with van der Waals surface area (Å²) in [5, 5.41) is 0. The third-order valence-corrected chi connectivity index (χ3v) is 4.41. The Labute approximate surface area is 107 Å². The highest BCUT2D eigenvalue weighted by atomic mass is 28.4. The van der Waals surface area contributed by atoms with Crippen molar-refractivity contribution in [2.24, 2.45) is 0 Å². The van der Waals surface area contributed by atoms with E-state index in [0.717, 1.165) is 0 Å². The second-order valence-corrected chi connectivity index (χ2v) is 7.16. The van der Waals surface area contributed by atoms with Gasteiger partial charge in [-0.2, -0.15) is 0 Å². The summed E-state index contributed by atoms with van der Waals surface area (Å²) in [6, 6.07) is 0.186. The van der Waals surface area contributed by atoms with Crippen LogP contribution in [0.25, 0.3) is 0 Å². The van der Waals surface area contributed by atoms with E-state index in [1.807, 2.05) is 0 Å². The van der Waals surface area contributed by atoms with Gasteiger partial charge in [0.2, 0.25) is 0 Å². The molecule has 0 aromatic rings. The summed E-state index contributed by atoms with van der Waals surface area (Å²) in [5.41, 5.74) is 0.276. The van der Waals surface area contributed by atoms with Gasteiger partial charge < -0.3 is 13.6 Å². The third kappa shape index (κ3) is 6.84. The maximum absolute atomic E-state index is 11.2. The van der Waals surface area contributed by atoms with Crippen LogP contribution in [0.15, 0.2) is 12.2 Å². The molecular weight excluding hydrogens is 256 g/mol. The Balaban J connectivity index is 4.41. The first kappa shape index (κ1) is 16.4. The zero-order valence-electron chi connectivity index (χ0n) is 11.1. The largest absolute Gasteiger partial charge is 0.485 e. The van der Waals surface area contributed by atoms with Crippen LogP contribution in [0.2, 0.25) is 12.6 Å². The quantitative estimate of drug-likeness (QED) is 0.413. The number of carbonyl (C=O) groups is 3. The molecule has 7 heteroatoms. The fraction of sp³-hybridized carbons (Fsp3) is 0.545. The Morgan fingerprint density at radius 3 is 1.83 bits per heavy atom. The van der Waals surface area contributed by atoms with Crippen molar-refractivity contribution in [3.63, 3.8) is 0 Å². The second kappa shape index (κ2) is 6.95. The summed E-state index contributed by atoms with van der Waals surface area (Å²) >= 11 is 0. The predicted molar refractivity (Wildman–Crippen MR) is 65.7 cm³/mol. The normalized spacial score (nSPS) is 10.4. The van der Waals surface area contributed by atoms with Gasteiger partial charge in [-0.15, -0.1) is 0 Å². The van der Waals surface area contributed by atoms with Gasteiger partial charge in [-0.3, -0.25) is 9.59 Å². The van der Waals surface area contributed by atoms with Crippen LogP contribution in [0.1, 0.15) is 20.8 Å². The highest BCUT2D eigenvalue weighted by Crippen LogP contribution is 2.14. The van der Waals surface area contributed by atoms with Gasteiger partial charge in [-0.1, -0.05) is 6.58 Å². The average Bonchev–Trinajstić information content (AvgIpc) is 2.13. The van der Waals surface area contributed by atoms with E-state index in [-0.39, 0.29) is 18.2 Å². The van der Waals surface area contributed by atoms with Gasteiger partial charge in [0.15, 0.2) is 0 Å². The Bertz CT molecular complexity index is 347. The lowest BCUT2D eigenvalue weighted by Crippen LogP contribution is -2.42. The SMILES string of the molecule is C=C(C)C(=O)OCC[Si](C)(OC(C)=O)OC(C)=O. The molecule has 0 aliphatic carbocycles. The minimum absolute atomic E-state index is 0.00890. The summed E-state index contributed by atoms with van der Waals surface area (Å²) < 4.78 is 14.9. The zero-order chi connectivity index (χ0) is 14.3. The topological polar surface area (TPSA) is 78.9 Å². The van der Waals surface area contributed by atoms with Gasteiger partial charge in [0.25, 0.3) is 11.9 Å². The lowest BCUT2D eigenvalue weighted by molar-refractivity contribution is -0.139. The average molecular weight is 274 g/mol. The molecule has 0 aliphatic heterocycles. The Kier molecular flexibility index (Phi) is 6.32. The van der Waals surface area contributed by atoms with Crippen LogP contribution in [0.5, 0.6) is 0 Å². The molecule has 18 heavy (non-hydrogen) atoms. The molecule has 0 rings (SSSR count). The van der Waals surface area contributed by atoms with Gasteiger partial charge >= 0.3 is 14.5 Å². The van der Waals surface area contributed by atoms with Crippen molar-refractivity contribution >= 4 is 26.5 Å². The minimum Gasteiger partial charge on any atom is -0.485 e. The zero-order valence-corrected chi connectivity index (χ0v) is 12.1. The Morgan fingerprint density at radius 1 is 1.06 bits per heavy atom. The summed E-state index contributed by atoms with van der Waals surface area (Å²) in [7, 11) is -2.98. The highest BCUT2D eigenvalue weighted by Gasteiger charge is 2.38. The molecule has 0 atom stereocenters. The molecule has 0 saturated heterocycles. The van der Waals surface area contributed by atoms with E-state index in [2.05, 4.69) is 6.58 Å². The van der Waals surface area contributed by atoms with Crippen molar-refractivity contribution in [3.8, 4) is 0 Å². The molecule has 0 heterocycles. The molecule has 0 aromatic heterocycles. The molecule has 0 amide bonds. The molecule has 0 saturated carbocycles. The molecular formula is C11H18O6Si. The molecule has 0 unspecified atom stereocenters. The van der Waals surface area contributed by atoms with E-state index in [4.69, 9.17) is 13.6 Å². The molecule has 0 bridgehead atoms. The lowest BCUT2D eigenvalue weighted by atomic mass is 10.4. The maximum atomic E-state index is 11.2. The number of esters is 1. The van der Waals surface area contributed by atoms with Gasteiger partial charge in [0, 0.05) is 32.0 Å². The Hall–Kier alpha value is -1.63. The summed E-state index contributed by atoms with van der Waals surface area (Å²) in [5.74, 6) is -1.59. The molecule has 0 spiro atoms.